The molecule has 0 spiro atoms. The first kappa shape index (κ1) is 57.8. The molecule has 0 aliphatic rings. The van der Waals surface area contributed by atoms with E-state index in [1.807, 2.05) is 0 Å². The molecule has 0 fully saturated rings. The van der Waals surface area contributed by atoms with Crippen LogP contribution in [-0.4, -0.2) is 46.9 Å². The Morgan fingerprint density at radius 2 is 0.850 bits per heavy atom. The average Bonchev–Trinajstić information content (AvgIpc) is 3.24. The minimum atomic E-state index is -0.790. The van der Waals surface area contributed by atoms with E-state index in [9.17, 15) is 19.8 Å². The molecule has 60 heavy (non-hydrogen) atoms. The first-order chi connectivity index (χ1) is 29.5. The van der Waals surface area contributed by atoms with Gasteiger partial charge in [-0.15, -0.1) is 0 Å². The number of carbonyl (C=O) groups is 2. The average molecular weight is 842 g/mol. The summed E-state index contributed by atoms with van der Waals surface area (Å²) in [5.41, 5.74) is 0. The van der Waals surface area contributed by atoms with Crippen molar-refractivity contribution >= 4 is 11.9 Å². The van der Waals surface area contributed by atoms with E-state index in [2.05, 4.69) is 74.7 Å². The molecule has 0 aromatic carbocycles. The zero-order valence-electron chi connectivity index (χ0n) is 39.8. The van der Waals surface area contributed by atoms with Crippen molar-refractivity contribution in [2.45, 2.75) is 277 Å². The van der Waals surface area contributed by atoms with E-state index in [0.717, 1.165) is 77.0 Å². The minimum absolute atomic E-state index is 0.0667. The summed E-state index contributed by atoms with van der Waals surface area (Å²) in [6.07, 6.45) is 57.4. The van der Waals surface area contributed by atoms with E-state index in [0.29, 0.717) is 19.3 Å². The third kappa shape index (κ3) is 42.5. The molecular formula is C54H99NO5. The van der Waals surface area contributed by atoms with Crippen molar-refractivity contribution in [3.05, 3.63) is 48.6 Å². The molecule has 0 aliphatic heterocycles. The third-order valence-corrected chi connectivity index (χ3v) is 11.7. The van der Waals surface area contributed by atoms with Crippen LogP contribution in [0.3, 0.4) is 0 Å². The number of aliphatic hydroxyl groups excluding tert-OH is 2. The van der Waals surface area contributed by atoms with Crippen LogP contribution >= 0.6 is 0 Å². The molecule has 3 N–H and O–H groups in total. The van der Waals surface area contributed by atoms with Crippen LogP contribution in [0.25, 0.3) is 0 Å². The van der Waals surface area contributed by atoms with Crippen molar-refractivity contribution in [1.82, 2.24) is 5.32 Å². The molecule has 0 bridgehead atoms. The SMILES string of the molecule is CCCCC/C=C\C/C=C\C/C=C\C/C=C\CCCCCC(=O)OC(CCCCCCCCCCCCC)CC(=O)NC(CO)C(O)CCCCCCCCCCCCC. The van der Waals surface area contributed by atoms with Gasteiger partial charge < -0.3 is 20.3 Å². The van der Waals surface area contributed by atoms with Gasteiger partial charge in [0.25, 0.3) is 0 Å². The molecule has 0 saturated carbocycles. The second-order valence-corrected chi connectivity index (χ2v) is 17.6. The summed E-state index contributed by atoms with van der Waals surface area (Å²) in [6, 6.07) is -0.705. The van der Waals surface area contributed by atoms with E-state index in [1.165, 1.54) is 135 Å². The Labute approximate surface area is 372 Å². The highest BCUT2D eigenvalue weighted by Crippen LogP contribution is 2.18. The first-order valence-corrected chi connectivity index (χ1v) is 25.9. The molecule has 0 radical (unpaired) electrons. The lowest BCUT2D eigenvalue weighted by Gasteiger charge is -2.24. The number of nitrogens with one attached hydrogen (secondary N) is 1. The summed E-state index contributed by atoms with van der Waals surface area (Å²) in [5, 5.41) is 23.7. The molecule has 0 aromatic rings. The maximum absolute atomic E-state index is 13.2. The fourth-order valence-corrected chi connectivity index (χ4v) is 7.71. The number of rotatable bonds is 46. The summed E-state index contributed by atoms with van der Waals surface area (Å²) in [5.74, 6) is -0.504. The summed E-state index contributed by atoms with van der Waals surface area (Å²) >= 11 is 0. The molecule has 1 amide bonds. The van der Waals surface area contributed by atoms with E-state index in [-0.39, 0.29) is 24.9 Å². The highest BCUT2D eigenvalue weighted by atomic mass is 16.5. The quantitative estimate of drug-likeness (QED) is 0.0322. The van der Waals surface area contributed by atoms with Crippen LogP contribution in [0.15, 0.2) is 48.6 Å². The molecule has 0 rings (SSSR count). The molecule has 6 heteroatoms. The highest BCUT2D eigenvalue weighted by molar-refractivity contribution is 5.77. The van der Waals surface area contributed by atoms with Gasteiger partial charge in [0, 0.05) is 6.42 Å². The van der Waals surface area contributed by atoms with Gasteiger partial charge in [-0.2, -0.15) is 0 Å². The Bertz CT molecular complexity index is 1040. The number of aliphatic hydroxyl groups is 2. The topological polar surface area (TPSA) is 95.9 Å². The monoisotopic (exact) mass is 842 g/mol. The fraction of sp³-hybridized carbons (Fsp3) is 0.815. The van der Waals surface area contributed by atoms with Crippen LogP contribution in [0.5, 0.6) is 0 Å². The second kappa shape index (κ2) is 47.9. The van der Waals surface area contributed by atoms with Gasteiger partial charge >= 0.3 is 5.97 Å². The normalized spacial score (nSPS) is 13.6. The summed E-state index contributed by atoms with van der Waals surface area (Å²) in [4.78, 5) is 26.1. The van der Waals surface area contributed by atoms with Gasteiger partial charge in [-0.1, -0.05) is 223 Å². The number of hydrogen-bond donors (Lipinski definition) is 3. The molecule has 0 heterocycles. The Morgan fingerprint density at radius 1 is 0.483 bits per heavy atom. The summed E-state index contributed by atoms with van der Waals surface area (Å²) in [6.45, 7) is 6.44. The smallest absolute Gasteiger partial charge is 0.306 e. The second-order valence-electron chi connectivity index (χ2n) is 17.6. The Balaban J connectivity index is 4.57. The molecule has 350 valence electrons. The molecule has 6 nitrogen and oxygen atoms in total. The van der Waals surface area contributed by atoms with E-state index in [4.69, 9.17) is 4.74 Å². The van der Waals surface area contributed by atoms with Crippen LogP contribution < -0.4 is 5.32 Å². The van der Waals surface area contributed by atoms with Gasteiger partial charge in [-0.3, -0.25) is 9.59 Å². The van der Waals surface area contributed by atoms with Gasteiger partial charge in [0.2, 0.25) is 5.91 Å². The summed E-state index contributed by atoms with van der Waals surface area (Å²) in [7, 11) is 0. The van der Waals surface area contributed by atoms with E-state index < -0.39 is 18.2 Å². The number of ether oxygens (including phenoxy) is 1. The maximum Gasteiger partial charge on any atom is 0.306 e. The Hall–Kier alpha value is -2.18. The molecule has 3 unspecified atom stereocenters. The lowest BCUT2D eigenvalue weighted by Crippen LogP contribution is -2.46. The van der Waals surface area contributed by atoms with Crippen LogP contribution in [0, 0.1) is 0 Å². The van der Waals surface area contributed by atoms with Crippen molar-refractivity contribution in [3.63, 3.8) is 0 Å². The predicted molar refractivity (Wildman–Crippen MR) is 259 cm³/mol. The van der Waals surface area contributed by atoms with Crippen LogP contribution in [-0.2, 0) is 14.3 Å². The molecule has 0 aliphatic carbocycles. The maximum atomic E-state index is 13.2. The summed E-state index contributed by atoms with van der Waals surface area (Å²) < 4.78 is 5.92. The highest BCUT2D eigenvalue weighted by Gasteiger charge is 2.24. The van der Waals surface area contributed by atoms with Crippen LogP contribution in [0.4, 0.5) is 0 Å². The molecule has 3 atom stereocenters. The lowest BCUT2D eigenvalue weighted by molar-refractivity contribution is -0.151. The Morgan fingerprint density at radius 3 is 1.30 bits per heavy atom. The van der Waals surface area contributed by atoms with Gasteiger partial charge in [0.05, 0.1) is 25.2 Å². The lowest BCUT2D eigenvalue weighted by atomic mass is 10.0. The zero-order valence-corrected chi connectivity index (χ0v) is 39.8. The van der Waals surface area contributed by atoms with Crippen molar-refractivity contribution in [3.8, 4) is 0 Å². The van der Waals surface area contributed by atoms with Crippen molar-refractivity contribution in [1.29, 1.82) is 0 Å². The van der Waals surface area contributed by atoms with Crippen molar-refractivity contribution in [2.75, 3.05) is 6.61 Å². The van der Waals surface area contributed by atoms with E-state index >= 15 is 0 Å². The van der Waals surface area contributed by atoms with Crippen molar-refractivity contribution < 1.29 is 24.5 Å². The first-order valence-electron chi connectivity index (χ1n) is 25.9. The molecule has 0 saturated heterocycles. The van der Waals surface area contributed by atoms with Crippen LogP contribution in [0.1, 0.15) is 258 Å². The number of allylic oxidation sites excluding steroid dienone is 8. The van der Waals surface area contributed by atoms with Gasteiger partial charge in [0.1, 0.15) is 6.10 Å². The van der Waals surface area contributed by atoms with Gasteiger partial charge in [-0.05, 0) is 70.6 Å². The largest absolute Gasteiger partial charge is 0.462 e. The van der Waals surface area contributed by atoms with Crippen LogP contribution in [0.2, 0.25) is 0 Å². The molecule has 0 aromatic heterocycles. The fourth-order valence-electron chi connectivity index (χ4n) is 7.71. The minimum Gasteiger partial charge on any atom is -0.462 e. The predicted octanol–water partition coefficient (Wildman–Crippen LogP) is 15.5. The number of esters is 1. The molecular weight excluding hydrogens is 743 g/mol. The number of amides is 1. The van der Waals surface area contributed by atoms with Crippen molar-refractivity contribution in [2.24, 2.45) is 0 Å². The standard InChI is InChI=1S/C54H99NO5/c1-4-7-10-13-16-19-22-23-24-25-26-27-28-29-32-35-38-41-44-47-54(59)60-50(45-42-39-36-33-30-20-17-14-11-8-5-2)48-53(58)55-51(49-56)52(57)46-43-40-37-34-31-21-18-15-12-9-6-3/h16,19,23-24,26-27,29,32,50-52,56-57H,4-15,17-18,20-22,25,28,30-31,33-49H2,1-3H3,(H,55,58)/b19-16-,24-23-,27-26-,32-29-. The van der Waals surface area contributed by atoms with Gasteiger partial charge in [0.15, 0.2) is 0 Å². The number of unbranched alkanes of at least 4 members (excludes halogenated alkanes) is 26. The van der Waals surface area contributed by atoms with Gasteiger partial charge in [-0.25, -0.2) is 0 Å². The third-order valence-electron chi connectivity index (χ3n) is 11.7. The number of carbonyl (C=O) groups excluding carboxylic acids is 2. The Kier molecular flexibility index (Phi) is 46.1. The zero-order chi connectivity index (χ0) is 43.8. The van der Waals surface area contributed by atoms with E-state index in [1.54, 1.807) is 0 Å². The number of hydrogen-bond acceptors (Lipinski definition) is 5.